The van der Waals surface area contributed by atoms with Crippen molar-refractivity contribution in [3.63, 3.8) is 0 Å². The molecule has 1 aromatic carbocycles. The number of nitrogens with one attached hydrogen (secondary N) is 1. The number of rotatable bonds is 3. The smallest absolute Gasteiger partial charge is 0.251 e. The molecule has 0 bridgehead atoms. The van der Waals surface area contributed by atoms with Crippen molar-refractivity contribution < 1.29 is 14.7 Å². The van der Waals surface area contributed by atoms with Gasteiger partial charge in [0.15, 0.2) is 0 Å². The zero-order chi connectivity index (χ0) is 14.0. The molecule has 1 saturated heterocycles. The summed E-state index contributed by atoms with van der Waals surface area (Å²) in [5.74, 6) is -0.221. The zero-order valence-electron chi connectivity index (χ0n) is 11.1. The largest absolute Gasteiger partial charge is 0.391 e. The Morgan fingerprint density at radius 3 is 2.47 bits per heavy atom. The van der Waals surface area contributed by atoms with Crippen LogP contribution in [0.15, 0.2) is 24.3 Å². The van der Waals surface area contributed by atoms with Gasteiger partial charge in [0.1, 0.15) is 0 Å². The van der Waals surface area contributed by atoms with Crippen molar-refractivity contribution in [3.05, 3.63) is 29.8 Å². The number of aliphatic hydroxyl groups excluding tert-OH is 1. The predicted molar refractivity (Wildman–Crippen MR) is 72.0 cm³/mol. The van der Waals surface area contributed by atoms with E-state index in [1.165, 1.54) is 4.90 Å². The number of benzene rings is 1. The van der Waals surface area contributed by atoms with Gasteiger partial charge in [0, 0.05) is 17.3 Å². The van der Waals surface area contributed by atoms with Gasteiger partial charge in [-0.1, -0.05) is 0 Å². The number of carbonyl (C=O) groups is 2. The van der Waals surface area contributed by atoms with Gasteiger partial charge >= 0.3 is 0 Å². The molecule has 2 rings (SSSR count). The lowest BCUT2D eigenvalue weighted by atomic mass is 10.1. The van der Waals surface area contributed by atoms with Crippen molar-refractivity contribution in [1.29, 1.82) is 0 Å². The molecule has 5 heteroatoms. The number of hydrogen-bond donors (Lipinski definition) is 2. The molecule has 0 spiro atoms. The Balaban J connectivity index is 2.10. The number of nitrogens with zero attached hydrogens (tertiary/aromatic N) is 1. The summed E-state index contributed by atoms with van der Waals surface area (Å²) >= 11 is 0. The van der Waals surface area contributed by atoms with Gasteiger partial charge in [-0.3, -0.25) is 9.59 Å². The summed E-state index contributed by atoms with van der Waals surface area (Å²) in [6.45, 7) is 4.11. The average molecular weight is 262 g/mol. The average Bonchev–Trinajstić information content (AvgIpc) is 2.68. The molecular weight excluding hydrogens is 244 g/mol. The molecule has 1 fully saturated rings. The summed E-state index contributed by atoms with van der Waals surface area (Å²) in [4.78, 5) is 24.9. The van der Waals surface area contributed by atoms with Gasteiger partial charge in [0.05, 0.1) is 19.1 Å². The van der Waals surface area contributed by atoms with E-state index in [2.05, 4.69) is 5.32 Å². The minimum Gasteiger partial charge on any atom is -0.391 e. The first-order valence-electron chi connectivity index (χ1n) is 6.36. The van der Waals surface area contributed by atoms with Crippen LogP contribution in [0.2, 0.25) is 0 Å². The standard InChI is InChI=1S/C14H18N2O3/c1-9(2)15-14(19)10-3-5-11(6-4-10)16-8-12(17)7-13(16)18/h3-6,9,12,17H,7-8H2,1-2H3,(H,15,19). The number of hydrogen-bond acceptors (Lipinski definition) is 3. The molecule has 1 heterocycles. The summed E-state index contributed by atoms with van der Waals surface area (Å²) in [5.41, 5.74) is 1.27. The van der Waals surface area contributed by atoms with Crippen LogP contribution in [0.4, 0.5) is 5.69 Å². The van der Waals surface area contributed by atoms with E-state index in [4.69, 9.17) is 0 Å². The van der Waals surface area contributed by atoms with Gasteiger partial charge in [-0.05, 0) is 38.1 Å². The molecule has 1 aliphatic rings. The van der Waals surface area contributed by atoms with Gasteiger partial charge < -0.3 is 15.3 Å². The van der Waals surface area contributed by atoms with Gasteiger partial charge in [-0.25, -0.2) is 0 Å². The number of amides is 2. The molecule has 102 valence electrons. The highest BCUT2D eigenvalue weighted by Crippen LogP contribution is 2.21. The fourth-order valence-corrected chi connectivity index (χ4v) is 2.08. The van der Waals surface area contributed by atoms with Crippen LogP contribution in [0.25, 0.3) is 0 Å². The Morgan fingerprint density at radius 2 is 2.00 bits per heavy atom. The van der Waals surface area contributed by atoms with Crippen molar-refractivity contribution in [2.24, 2.45) is 0 Å². The highest BCUT2D eigenvalue weighted by Gasteiger charge is 2.28. The summed E-state index contributed by atoms with van der Waals surface area (Å²) in [6.07, 6.45) is -0.438. The maximum absolute atomic E-state index is 11.8. The molecule has 0 saturated carbocycles. The molecule has 2 amide bonds. The van der Waals surface area contributed by atoms with E-state index in [1.54, 1.807) is 24.3 Å². The maximum Gasteiger partial charge on any atom is 0.251 e. The van der Waals surface area contributed by atoms with Crippen LogP contribution in [0.5, 0.6) is 0 Å². The van der Waals surface area contributed by atoms with Crippen molar-refractivity contribution in [3.8, 4) is 0 Å². The van der Waals surface area contributed by atoms with Crippen LogP contribution in [0.1, 0.15) is 30.6 Å². The number of β-amino-alcohol motifs (C(OH)–C–C–N with tert-alkyl or cyclic N) is 1. The molecule has 1 aliphatic heterocycles. The van der Waals surface area contributed by atoms with E-state index < -0.39 is 6.10 Å². The van der Waals surface area contributed by atoms with Crippen molar-refractivity contribution in [2.45, 2.75) is 32.4 Å². The Morgan fingerprint density at radius 1 is 1.37 bits per heavy atom. The first kappa shape index (κ1) is 13.5. The second-order valence-electron chi connectivity index (χ2n) is 5.04. The first-order chi connectivity index (χ1) is 8.97. The molecular formula is C14H18N2O3. The molecule has 5 nitrogen and oxygen atoms in total. The van der Waals surface area contributed by atoms with Crippen LogP contribution in [-0.4, -0.2) is 35.6 Å². The topological polar surface area (TPSA) is 69.6 Å². The van der Waals surface area contributed by atoms with Gasteiger partial charge in [-0.15, -0.1) is 0 Å². The monoisotopic (exact) mass is 262 g/mol. The lowest BCUT2D eigenvalue weighted by Crippen LogP contribution is -2.30. The summed E-state index contributed by atoms with van der Waals surface area (Å²) in [5, 5.41) is 12.3. The van der Waals surface area contributed by atoms with Crippen LogP contribution >= 0.6 is 0 Å². The van der Waals surface area contributed by atoms with Crippen LogP contribution in [0.3, 0.4) is 0 Å². The number of carbonyl (C=O) groups excluding carboxylic acids is 2. The van der Waals surface area contributed by atoms with E-state index in [0.29, 0.717) is 17.8 Å². The van der Waals surface area contributed by atoms with Crippen molar-refractivity contribution in [1.82, 2.24) is 5.32 Å². The van der Waals surface area contributed by atoms with E-state index >= 15 is 0 Å². The molecule has 2 N–H and O–H groups in total. The molecule has 1 unspecified atom stereocenters. The minimum atomic E-state index is -0.601. The maximum atomic E-state index is 11.8. The third-order valence-electron chi connectivity index (χ3n) is 2.97. The van der Waals surface area contributed by atoms with Crippen LogP contribution in [0, 0.1) is 0 Å². The summed E-state index contributed by atoms with van der Waals surface area (Å²) in [7, 11) is 0. The van der Waals surface area contributed by atoms with E-state index in [0.717, 1.165) is 0 Å². The quantitative estimate of drug-likeness (QED) is 0.851. The Hall–Kier alpha value is -1.88. The second-order valence-corrected chi connectivity index (χ2v) is 5.04. The first-order valence-corrected chi connectivity index (χ1v) is 6.36. The van der Waals surface area contributed by atoms with Crippen LogP contribution in [-0.2, 0) is 4.79 Å². The molecule has 0 radical (unpaired) electrons. The number of aliphatic hydroxyl groups is 1. The lowest BCUT2D eigenvalue weighted by Gasteiger charge is -2.16. The SMILES string of the molecule is CC(C)NC(=O)c1ccc(N2CC(O)CC2=O)cc1. The number of anilines is 1. The molecule has 0 aromatic heterocycles. The summed E-state index contributed by atoms with van der Waals surface area (Å²) in [6, 6.07) is 6.91. The lowest BCUT2D eigenvalue weighted by molar-refractivity contribution is -0.117. The van der Waals surface area contributed by atoms with E-state index in [1.807, 2.05) is 13.8 Å². The molecule has 1 aromatic rings. The molecule has 1 atom stereocenters. The van der Waals surface area contributed by atoms with Crippen molar-refractivity contribution in [2.75, 3.05) is 11.4 Å². The van der Waals surface area contributed by atoms with Gasteiger partial charge in [0.25, 0.3) is 5.91 Å². The second kappa shape index (κ2) is 5.40. The van der Waals surface area contributed by atoms with Crippen molar-refractivity contribution >= 4 is 17.5 Å². The zero-order valence-corrected chi connectivity index (χ0v) is 11.1. The third kappa shape index (κ3) is 3.12. The fourth-order valence-electron chi connectivity index (χ4n) is 2.08. The van der Waals surface area contributed by atoms with E-state index in [9.17, 15) is 14.7 Å². The predicted octanol–water partition coefficient (Wildman–Crippen LogP) is 0.922. The van der Waals surface area contributed by atoms with E-state index in [-0.39, 0.29) is 24.3 Å². The molecule has 0 aliphatic carbocycles. The Bertz CT molecular complexity index is 482. The molecule has 19 heavy (non-hydrogen) atoms. The Labute approximate surface area is 112 Å². The third-order valence-corrected chi connectivity index (χ3v) is 2.97. The van der Waals surface area contributed by atoms with Gasteiger partial charge in [0.2, 0.25) is 5.91 Å². The minimum absolute atomic E-state index is 0.0856. The summed E-state index contributed by atoms with van der Waals surface area (Å²) < 4.78 is 0. The highest BCUT2D eigenvalue weighted by atomic mass is 16.3. The van der Waals surface area contributed by atoms with Gasteiger partial charge in [-0.2, -0.15) is 0 Å². The normalized spacial score (nSPS) is 19.1. The van der Waals surface area contributed by atoms with Crippen LogP contribution < -0.4 is 10.2 Å². The highest BCUT2D eigenvalue weighted by molar-refractivity contribution is 5.98. The Kier molecular flexibility index (Phi) is 3.85. The fraction of sp³-hybridized carbons (Fsp3) is 0.429.